The minimum atomic E-state index is -1.16. The number of amides is 2. The molecule has 0 bridgehead atoms. The van der Waals surface area contributed by atoms with Crippen molar-refractivity contribution in [3.8, 4) is 81.1 Å². The summed E-state index contributed by atoms with van der Waals surface area (Å²) in [5, 5.41) is 9.38. The average molecular weight is 1050 g/mol. The Morgan fingerprint density at radius 2 is 0.885 bits per heavy atom. The predicted octanol–water partition coefficient (Wildman–Crippen LogP) is 12.4. The van der Waals surface area contributed by atoms with Crippen molar-refractivity contribution in [2.75, 3.05) is 40.5 Å². The van der Waals surface area contributed by atoms with Crippen LogP contribution in [0.15, 0.2) is 167 Å². The molecule has 0 aliphatic carbocycles. The van der Waals surface area contributed by atoms with Gasteiger partial charge in [0, 0.05) is 17.7 Å². The van der Waals surface area contributed by atoms with Crippen LogP contribution in [0.4, 0.5) is 9.59 Å². The first kappa shape index (κ1) is 55.8. The molecule has 16 heteroatoms. The number of hydrogen-bond acceptors (Lipinski definition) is 13. The molecule has 2 aromatic heterocycles. The fourth-order valence-corrected chi connectivity index (χ4v) is 7.62. The fraction of sp³-hybridized carbons (Fsp3) is 0.210. The van der Waals surface area contributed by atoms with E-state index >= 15 is 0 Å². The molecule has 2 unspecified atom stereocenters. The number of carboxylic acids is 1. The highest BCUT2D eigenvalue weighted by Crippen LogP contribution is 2.28. The van der Waals surface area contributed by atoms with E-state index < -0.39 is 30.7 Å². The van der Waals surface area contributed by atoms with Crippen molar-refractivity contribution in [2.24, 2.45) is 0 Å². The van der Waals surface area contributed by atoms with Gasteiger partial charge in [-0.05, 0) is 155 Å². The lowest BCUT2D eigenvalue weighted by molar-refractivity contribution is -0.138. The second-order valence-electron chi connectivity index (χ2n) is 17.2. The Balaban J connectivity index is 0.000000226. The molecule has 6 aromatic carbocycles. The number of nitrogens with zero attached hydrogens (tertiary/aromatic N) is 4. The monoisotopic (exact) mass is 1050 g/mol. The maximum atomic E-state index is 12.8. The van der Waals surface area contributed by atoms with Gasteiger partial charge in [-0.1, -0.05) is 72.5 Å². The van der Waals surface area contributed by atoms with Gasteiger partial charge in [0.25, 0.3) is 0 Å². The third-order valence-corrected chi connectivity index (χ3v) is 12.0. The highest BCUT2D eigenvalue weighted by atomic mass is 16.6. The van der Waals surface area contributed by atoms with Crippen LogP contribution < -0.4 is 28.4 Å². The van der Waals surface area contributed by atoms with Crippen molar-refractivity contribution in [3.63, 3.8) is 0 Å². The molecular formula is C62H58N4O12. The molecule has 2 amide bonds. The first-order chi connectivity index (χ1) is 37.8. The maximum Gasteiger partial charge on any atom is 0.416 e. The van der Waals surface area contributed by atoms with Crippen LogP contribution in [0.1, 0.15) is 66.9 Å². The number of aliphatic carboxylic acids is 1. The number of benzene rings is 6. The van der Waals surface area contributed by atoms with Crippen LogP contribution in [0, 0.1) is 37.5 Å². The van der Waals surface area contributed by atoms with E-state index in [1.54, 1.807) is 91.7 Å². The Labute approximate surface area is 453 Å². The van der Waals surface area contributed by atoms with Gasteiger partial charge in [0.05, 0.1) is 37.7 Å². The number of aryl methyl sites for hydroxylation is 2. The Bertz CT molecular complexity index is 3360. The highest BCUT2D eigenvalue weighted by Gasteiger charge is 2.26. The summed E-state index contributed by atoms with van der Waals surface area (Å²) in [6.45, 7) is 9.59. The van der Waals surface area contributed by atoms with Gasteiger partial charge in [-0.15, -0.1) is 0 Å². The normalized spacial score (nSPS) is 11.1. The van der Waals surface area contributed by atoms with Gasteiger partial charge in [-0.25, -0.2) is 19.6 Å². The third-order valence-electron chi connectivity index (χ3n) is 12.0. The quantitative estimate of drug-likeness (QED) is 0.0849. The Kier molecular flexibility index (Phi) is 19.7. The zero-order chi connectivity index (χ0) is 55.4. The fourth-order valence-electron chi connectivity index (χ4n) is 7.62. The van der Waals surface area contributed by atoms with Gasteiger partial charge >= 0.3 is 18.2 Å². The van der Waals surface area contributed by atoms with E-state index in [0.29, 0.717) is 69.9 Å². The number of oxazole rings is 2. The topological polar surface area (TPSA) is 185 Å². The average Bonchev–Trinajstić information content (AvgIpc) is 4.04. The molecule has 0 saturated heterocycles. The number of carbonyl (C=O) groups excluding carboxylic acids is 2. The van der Waals surface area contributed by atoms with Gasteiger partial charge in [0.1, 0.15) is 54.3 Å². The summed E-state index contributed by atoms with van der Waals surface area (Å²) >= 11 is 0. The van der Waals surface area contributed by atoms with E-state index in [1.165, 1.54) is 7.11 Å². The van der Waals surface area contributed by atoms with Gasteiger partial charge in [-0.3, -0.25) is 9.69 Å². The summed E-state index contributed by atoms with van der Waals surface area (Å²) in [5.74, 6) is 16.0. The van der Waals surface area contributed by atoms with Crippen molar-refractivity contribution in [3.05, 3.63) is 192 Å². The van der Waals surface area contributed by atoms with Gasteiger partial charge in [0.2, 0.25) is 23.3 Å². The third kappa shape index (κ3) is 15.6. The number of ether oxygens (including phenoxy) is 6. The number of rotatable bonds is 17. The lowest BCUT2D eigenvalue weighted by atomic mass is 10.1. The summed E-state index contributed by atoms with van der Waals surface area (Å²) < 4.78 is 44.3. The van der Waals surface area contributed by atoms with Crippen LogP contribution in [0.5, 0.6) is 34.5 Å². The van der Waals surface area contributed by atoms with E-state index in [0.717, 1.165) is 27.3 Å². The largest absolute Gasteiger partial charge is 0.497 e. The summed E-state index contributed by atoms with van der Waals surface area (Å²) in [5.41, 5.74) is 4.88. The lowest BCUT2D eigenvalue weighted by Gasteiger charge is -2.27. The van der Waals surface area contributed by atoms with E-state index in [9.17, 15) is 19.5 Å². The number of carboxylic acid groups (broad SMARTS) is 1. The van der Waals surface area contributed by atoms with Crippen LogP contribution in [-0.4, -0.2) is 83.6 Å². The number of aromatic nitrogens is 2. The standard InChI is InChI=1S/C31H28N2O7.C31H30N2O5/c1-21-28(40-30(32-21)24-8-5-4-6-9-24)10-7-19-38-26-13-11-23(12-14-26)22(2)33(20-29(34)35)31(36)39-27-17-15-25(37-3)16-18-27;1-5-33(31(34)37-28-19-17-26(35-4)18-20-28)23(3)24-13-15-27(16-14-24)36-21-9-12-29-22(2)32-30(38-29)25-10-7-6-8-11-25/h4-6,8-9,11-18,22H,19-20H2,1-3H3,(H,34,35);6-8,10-11,13-20,23H,5,21H2,1-4H3. The zero-order valence-corrected chi connectivity index (χ0v) is 44.2. The van der Waals surface area contributed by atoms with E-state index in [-0.39, 0.29) is 25.0 Å². The molecule has 16 nitrogen and oxygen atoms in total. The lowest BCUT2D eigenvalue weighted by Crippen LogP contribution is -2.39. The van der Waals surface area contributed by atoms with Crippen LogP contribution >= 0.6 is 0 Å². The molecule has 0 fully saturated rings. The maximum absolute atomic E-state index is 12.8. The molecule has 78 heavy (non-hydrogen) atoms. The molecule has 0 saturated carbocycles. The molecule has 0 radical (unpaired) electrons. The number of methoxy groups -OCH3 is 2. The Hall–Kier alpha value is -9.93. The van der Waals surface area contributed by atoms with Crippen LogP contribution in [0.3, 0.4) is 0 Å². The second-order valence-corrected chi connectivity index (χ2v) is 17.2. The van der Waals surface area contributed by atoms with Crippen LogP contribution in [0.25, 0.3) is 22.9 Å². The van der Waals surface area contributed by atoms with Gasteiger partial charge in [0.15, 0.2) is 0 Å². The van der Waals surface area contributed by atoms with Gasteiger partial charge < -0.3 is 47.3 Å². The molecule has 0 spiro atoms. The second kappa shape index (κ2) is 27.6. The molecule has 0 aliphatic rings. The molecule has 0 aliphatic heterocycles. The Morgan fingerprint density at radius 1 is 0.526 bits per heavy atom. The Morgan fingerprint density at radius 3 is 1.26 bits per heavy atom. The SMILES string of the molecule is CCN(C(=O)Oc1ccc(OC)cc1)C(C)c1ccc(OCC#Cc2oc(-c3ccccc3)nc2C)cc1.COc1ccc(OC(=O)N(CC(=O)O)C(C)c2ccc(OCC#Cc3oc(-c4ccccc4)nc3C)cc2)cc1. The van der Waals surface area contributed by atoms with Crippen molar-refractivity contribution in [1.29, 1.82) is 0 Å². The summed E-state index contributed by atoms with van der Waals surface area (Å²) in [4.78, 5) is 48.8. The number of hydrogen-bond donors (Lipinski definition) is 1. The molecule has 8 aromatic rings. The summed E-state index contributed by atoms with van der Waals surface area (Å²) in [7, 11) is 3.12. The molecule has 2 heterocycles. The van der Waals surface area contributed by atoms with Crippen molar-refractivity contribution in [1.82, 2.24) is 19.8 Å². The zero-order valence-electron chi connectivity index (χ0n) is 44.2. The van der Waals surface area contributed by atoms with Crippen molar-refractivity contribution in [2.45, 2.75) is 46.7 Å². The first-order valence-electron chi connectivity index (χ1n) is 24.8. The van der Waals surface area contributed by atoms with E-state index in [2.05, 4.69) is 33.6 Å². The summed E-state index contributed by atoms with van der Waals surface area (Å²) in [6, 6.07) is 46.5. The minimum Gasteiger partial charge on any atom is -0.497 e. The van der Waals surface area contributed by atoms with Crippen LogP contribution in [0.2, 0.25) is 0 Å². The molecule has 398 valence electrons. The minimum absolute atomic E-state index is 0.120. The van der Waals surface area contributed by atoms with E-state index in [1.807, 2.05) is 113 Å². The smallest absolute Gasteiger partial charge is 0.416 e. The van der Waals surface area contributed by atoms with Crippen molar-refractivity contribution < 1.29 is 56.7 Å². The molecular weight excluding hydrogens is 993 g/mol. The van der Waals surface area contributed by atoms with Crippen molar-refractivity contribution >= 4 is 18.2 Å². The number of carbonyl (C=O) groups is 3. The highest BCUT2D eigenvalue weighted by molar-refractivity contribution is 5.78. The molecule has 1 N–H and O–H groups in total. The first-order valence-corrected chi connectivity index (χ1v) is 24.8. The molecule has 8 rings (SSSR count). The predicted molar refractivity (Wildman–Crippen MR) is 293 cm³/mol. The molecule has 2 atom stereocenters. The van der Waals surface area contributed by atoms with E-state index in [4.69, 9.17) is 37.3 Å². The van der Waals surface area contributed by atoms with Crippen LogP contribution in [-0.2, 0) is 4.79 Å². The summed E-state index contributed by atoms with van der Waals surface area (Å²) in [6.07, 6.45) is -1.20. The van der Waals surface area contributed by atoms with Gasteiger partial charge in [-0.2, -0.15) is 0 Å².